The van der Waals surface area contributed by atoms with Crippen molar-refractivity contribution >= 4 is 5.96 Å². The summed E-state index contributed by atoms with van der Waals surface area (Å²) in [5.41, 5.74) is 0. The molecule has 7 heteroatoms. The first kappa shape index (κ1) is 20.0. The summed E-state index contributed by atoms with van der Waals surface area (Å²) in [6.45, 7) is 7.39. The van der Waals surface area contributed by atoms with Crippen molar-refractivity contribution in [1.82, 2.24) is 24.7 Å². The molecule has 0 saturated carbocycles. The van der Waals surface area contributed by atoms with Crippen LogP contribution in [-0.4, -0.2) is 65.1 Å². The van der Waals surface area contributed by atoms with Crippen molar-refractivity contribution in [3.05, 3.63) is 42.9 Å². The number of nitrogens with zero attached hydrogens (tertiary/aromatic N) is 5. The minimum atomic E-state index is 0.246. The summed E-state index contributed by atoms with van der Waals surface area (Å²) in [5, 5.41) is 3.65. The van der Waals surface area contributed by atoms with Gasteiger partial charge in [0.25, 0.3) is 0 Å². The number of aliphatic imine (C=N–C) groups is 1. The smallest absolute Gasteiger partial charge is 0.193 e. The molecule has 0 spiro atoms. The summed E-state index contributed by atoms with van der Waals surface area (Å²) in [5.74, 6) is 2.65. The van der Waals surface area contributed by atoms with Gasteiger partial charge in [0, 0.05) is 39.1 Å². The molecule has 0 bridgehead atoms. The SMILES string of the molecule is CN=C(NCC(c1ccco1)N1CCCCC1)N1CCC(C)C(n2ccnc2)C1. The van der Waals surface area contributed by atoms with Crippen molar-refractivity contribution < 1.29 is 4.42 Å². The Bertz CT molecular complexity index is 750. The van der Waals surface area contributed by atoms with Crippen LogP contribution in [-0.2, 0) is 0 Å². The normalized spacial score (nSPS) is 25.2. The second kappa shape index (κ2) is 9.48. The molecule has 2 aliphatic rings. The quantitative estimate of drug-likeness (QED) is 0.619. The standard InChI is InChI=1S/C22H34N6O/c1-18-8-12-27(16-20(18)28-13-9-24-17-28)22(23-2)25-15-19(21-7-6-14-29-21)26-10-4-3-5-11-26/h6-7,9,13-14,17-20H,3-5,8,10-12,15-16H2,1-2H3,(H,23,25). The molecule has 0 aliphatic carbocycles. The molecule has 2 saturated heterocycles. The van der Waals surface area contributed by atoms with E-state index < -0.39 is 0 Å². The second-order valence-electron chi connectivity index (χ2n) is 8.35. The Hall–Kier alpha value is -2.28. The highest BCUT2D eigenvalue weighted by Gasteiger charge is 2.30. The van der Waals surface area contributed by atoms with Gasteiger partial charge in [0.05, 0.1) is 24.7 Å². The zero-order chi connectivity index (χ0) is 20.1. The van der Waals surface area contributed by atoms with Gasteiger partial charge in [0.2, 0.25) is 0 Å². The maximum Gasteiger partial charge on any atom is 0.193 e. The third-order valence-corrected chi connectivity index (χ3v) is 6.49. The number of aromatic nitrogens is 2. The number of rotatable bonds is 5. The Kier molecular flexibility index (Phi) is 6.54. The molecule has 1 N–H and O–H groups in total. The van der Waals surface area contributed by atoms with Crippen LogP contribution >= 0.6 is 0 Å². The molecule has 0 aromatic carbocycles. The van der Waals surface area contributed by atoms with Crippen molar-refractivity contribution in [2.75, 3.05) is 39.8 Å². The van der Waals surface area contributed by atoms with Crippen LogP contribution in [0.2, 0.25) is 0 Å². The Morgan fingerprint density at radius 1 is 1.31 bits per heavy atom. The van der Waals surface area contributed by atoms with E-state index in [1.807, 2.05) is 25.6 Å². The monoisotopic (exact) mass is 398 g/mol. The van der Waals surface area contributed by atoms with Crippen LogP contribution < -0.4 is 5.32 Å². The number of nitrogens with one attached hydrogen (secondary N) is 1. The maximum atomic E-state index is 5.79. The molecule has 2 fully saturated rings. The average Bonchev–Trinajstić information content (AvgIpc) is 3.47. The van der Waals surface area contributed by atoms with E-state index in [-0.39, 0.29) is 6.04 Å². The third kappa shape index (κ3) is 4.66. The highest BCUT2D eigenvalue weighted by Crippen LogP contribution is 2.28. The minimum Gasteiger partial charge on any atom is -0.468 e. The minimum absolute atomic E-state index is 0.246. The van der Waals surface area contributed by atoms with E-state index in [1.54, 1.807) is 6.26 Å². The molecular weight excluding hydrogens is 364 g/mol. The summed E-state index contributed by atoms with van der Waals surface area (Å²) in [6, 6.07) is 4.76. The fraction of sp³-hybridized carbons (Fsp3) is 0.636. The van der Waals surface area contributed by atoms with Gasteiger partial charge in [-0.2, -0.15) is 0 Å². The van der Waals surface area contributed by atoms with Gasteiger partial charge in [-0.1, -0.05) is 13.3 Å². The van der Waals surface area contributed by atoms with Crippen molar-refractivity contribution in [3.63, 3.8) is 0 Å². The van der Waals surface area contributed by atoms with E-state index in [1.165, 1.54) is 19.3 Å². The molecule has 0 amide bonds. The summed E-state index contributed by atoms with van der Waals surface area (Å²) in [7, 11) is 1.88. The Balaban J connectivity index is 1.42. The highest BCUT2D eigenvalue weighted by molar-refractivity contribution is 5.80. The molecule has 4 heterocycles. The van der Waals surface area contributed by atoms with Crippen LogP contribution in [0.1, 0.15) is 50.5 Å². The van der Waals surface area contributed by atoms with Crippen LogP contribution in [0.3, 0.4) is 0 Å². The average molecular weight is 399 g/mol. The maximum absolute atomic E-state index is 5.79. The van der Waals surface area contributed by atoms with Crippen molar-refractivity contribution in [2.24, 2.45) is 10.9 Å². The predicted molar refractivity (Wildman–Crippen MR) is 115 cm³/mol. The van der Waals surface area contributed by atoms with E-state index in [0.717, 1.165) is 50.9 Å². The Labute approximate surface area is 173 Å². The number of likely N-dealkylation sites (tertiary alicyclic amines) is 2. The van der Waals surface area contributed by atoms with Crippen molar-refractivity contribution in [2.45, 2.75) is 44.7 Å². The number of hydrogen-bond acceptors (Lipinski definition) is 4. The number of piperidine rings is 2. The van der Waals surface area contributed by atoms with E-state index in [4.69, 9.17) is 4.42 Å². The van der Waals surface area contributed by atoms with Gasteiger partial charge < -0.3 is 19.2 Å². The summed E-state index contributed by atoms with van der Waals surface area (Å²) in [6.07, 6.45) is 12.7. The van der Waals surface area contributed by atoms with Gasteiger partial charge in [0.1, 0.15) is 5.76 Å². The summed E-state index contributed by atoms with van der Waals surface area (Å²) < 4.78 is 8.03. The molecule has 4 rings (SSSR count). The first-order valence-corrected chi connectivity index (χ1v) is 11.0. The van der Waals surface area contributed by atoms with Gasteiger partial charge in [-0.25, -0.2) is 4.98 Å². The van der Waals surface area contributed by atoms with Crippen LogP contribution in [0.4, 0.5) is 0 Å². The number of guanidine groups is 1. The van der Waals surface area contributed by atoms with Gasteiger partial charge in [-0.15, -0.1) is 0 Å². The topological polar surface area (TPSA) is 61.8 Å². The Morgan fingerprint density at radius 3 is 2.86 bits per heavy atom. The first-order chi connectivity index (χ1) is 14.3. The first-order valence-electron chi connectivity index (χ1n) is 11.0. The van der Waals surface area contributed by atoms with Gasteiger partial charge in [0.15, 0.2) is 5.96 Å². The molecule has 2 aromatic rings. The molecule has 3 unspecified atom stereocenters. The van der Waals surface area contributed by atoms with Gasteiger partial charge >= 0.3 is 0 Å². The van der Waals surface area contributed by atoms with Crippen LogP contribution in [0.5, 0.6) is 0 Å². The lowest BCUT2D eigenvalue weighted by Crippen LogP contribution is -2.50. The lowest BCUT2D eigenvalue weighted by molar-refractivity contribution is 0.144. The van der Waals surface area contributed by atoms with Crippen LogP contribution in [0, 0.1) is 5.92 Å². The van der Waals surface area contributed by atoms with Gasteiger partial charge in [-0.3, -0.25) is 9.89 Å². The molecular formula is C22H34N6O. The van der Waals surface area contributed by atoms with E-state index in [0.29, 0.717) is 12.0 Å². The summed E-state index contributed by atoms with van der Waals surface area (Å²) in [4.78, 5) is 13.8. The number of imidazole rings is 1. The largest absolute Gasteiger partial charge is 0.468 e. The molecule has 7 nitrogen and oxygen atoms in total. The molecule has 158 valence electrons. The zero-order valence-electron chi connectivity index (χ0n) is 17.7. The van der Waals surface area contributed by atoms with Crippen LogP contribution in [0.15, 0.2) is 46.5 Å². The van der Waals surface area contributed by atoms with Crippen molar-refractivity contribution in [3.8, 4) is 0 Å². The highest BCUT2D eigenvalue weighted by atomic mass is 16.3. The third-order valence-electron chi connectivity index (χ3n) is 6.49. The number of hydrogen-bond donors (Lipinski definition) is 1. The fourth-order valence-corrected chi connectivity index (χ4v) is 4.74. The zero-order valence-corrected chi connectivity index (χ0v) is 17.7. The molecule has 0 radical (unpaired) electrons. The van der Waals surface area contributed by atoms with E-state index in [9.17, 15) is 0 Å². The lowest BCUT2D eigenvalue weighted by atomic mass is 9.93. The number of furan rings is 1. The fourth-order valence-electron chi connectivity index (χ4n) is 4.74. The molecule has 2 aliphatic heterocycles. The second-order valence-corrected chi connectivity index (χ2v) is 8.35. The van der Waals surface area contributed by atoms with Crippen molar-refractivity contribution in [1.29, 1.82) is 0 Å². The molecule has 29 heavy (non-hydrogen) atoms. The van der Waals surface area contributed by atoms with Crippen LogP contribution in [0.25, 0.3) is 0 Å². The predicted octanol–water partition coefficient (Wildman–Crippen LogP) is 3.16. The molecule has 3 atom stereocenters. The Morgan fingerprint density at radius 2 is 2.17 bits per heavy atom. The molecule has 2 aromatic heterocycles. The van der Waals surface area contributed by atoms with Gasteiger partial charge in [-0.05, 0) is 50.4 Å². The summed E-state index contributed by atoms with van der Waals surface area (Å²) >= 11 is 0. The van der Waals surface area contributed by atoms with E-state index in [2.05, 4.69) is 48.8 Å². The van der Waals surface area contributed by atoms with E-state index >= 15 is 0 Å². The lowest BCUT2D eigenvalue weighted by Gasteiger charge is -2.40.